The molecule has 0 aromatic heterocycles. The SMILES string of the molecule is C=CC(=O)OCCC[Si](OCCOC)(C(C)C)C(C)C. The molecule has 0 spiro atoms. The lowest BCUT2D eigenvalue weighted by Gasteiger charge is -2.38. The second-order valence-electron chi connectivity index (χ2n) is 5.58. The zero-order valence-electron chi connectivity index (χ0n) is 13.6. The molecule has 0 aliphatic rings. The Morgan fingerprint density at radius 1 is 1.15 bits per heavy atom. The third kappa shape index (κ3) is 6.20. The van der Waals surface area contributed by atoms with Gasteiger partial charge in [-0.25, -0.2) is 4.79 Å². The molecule has 0 rings (SSSR count). The van der Waals surface area contributed by atoms with E-state index in [4.69, 9.17) is 13.9 Å². The Labute approximate surface area is 124 Å². The van der Waals surface area contributed by atoms with Gasteiger partial charge < -0.3 is 13.9 Å². The van der Waals surface area contributed by atoms with E-state index in [1.165, 1.54) is 6.08 Å². The number of carbonyl (C=O) groups excluding carboxylic acids is 1. The van der Waals surface area contributed by atoms with Crippen LogP contribution < -0.4 is 0 Å². The Morgan fingerprint density at radius 3 is 2.20 bits per heavy atom. The molecule has 0 unspecified atom stereocenters. The van der Waals surface area contributed by atoms with Crippen LogP contribution in [0.15, 0.2) is 12.7 Å². The van der Waals surface area contributed by atoms with Crippen LogP contribution in [0, 0.1) is 0 Å². The minimum atomic E-state index is -1.87. The van der Waals surface area contributed by atoms with Crippen LogP contribution in [0.5, 0.6) is 0 Å². The first-order valence-corrected chi connectivity index (χ1v) is 9.59. The lowest BCUT2D eigenvalue weighted by Crippen LogP contribution is -2.45. The predicted molar refractivity (Wildman–Crippen MR) is 84.4 cm³/mol. The molecule has 0 atom stereocenters. The van der Waals surface area contributed by atoms with Crippen molar-refractivity contribution in [1.82, 2.24) is 0 Å². The van der Waals surface area contributed by atoms with Crippen molar-refractivity contribution in [1.29, 1.82) is 0 Å². The first-order valence-electron chi connectivity index (χ1n) is 7.32. The molecular formula is C15H30O4Si. The first-order chi connectivity index (χ1) is 9.40. The molecule has 20 heavy (non-hydrogen) atoms. The molecule has 0 aliphatic carbocycles. The fourth-order valence-corrected chi connectivity index (χ4v) is 7.00. The average molecular weight is 302 g/mol. The van der Waals surface area contributed by atoms with Crippen molar-refractivity contribution in [3.8, 4) is 0 Å². The Morgan fingerprint density at radius 2 is 1.75 bits per heavy atom. The van der Waals surface area contributed by atoms with Gasteiger partial charge in [0.1, 0.15) is 0 Å². The summed E-state index contributed by atoms with van der Waals surface area (Å²) in [6.07, 6.45) is 2.04. The van der Waals surface area contributed by atoms with Crippen molar-refractivity contribution in [3.63, 3.8) is 0 Å². The maximum absolute atomic E-state index is 11.0. The lowest BCUT2D eigenvalue weighted by atomic mass is 10.5. The Hall–Kier alpha value is -0.653. The first kappa shape index (κ1) is 19.3. The van der Waals surface area contributed by atoms with Crippen molar-refractivity contribution in [2.75, 3.05) is 26.9 Å². The quantitative estimate of drug-likeness (QED) is 0.253. The van der Waals surface area contributed by atoms with E-state index in [1.54, 1.807) is 7.11 Å². The number of rotatable bonds is 11. The summed E-state index contributed by atoms with van der Waals surface area (Å²) in [6, 6.07) is 0.996. The van der Waals surface area contributed by atoms with E-state index in [-0.39, 0.29) is 5.97 Å². The molecule has 0 saturated carbocycles. The van der Waals surface area contributed by atoms with Gasteiger partial charge in [0.25, 0.3) is 0 Å². The normalized spacial score (nSPS) is 11.9. The smallest absolute Gasteiger partial charge is 0.330 e. The zero-order valence-corrected chi connectivity index (χ0v) is 14.6. The maximum Gasteiger partial charge on any atom is 0.330 e. The summed E-state index contributed by atoms with van der Waals surface area (Å²) in [5.74, 6) is -0.355. The van der Waals surface area contributed by atoms with Gasteiger partial charge in [-0.3, -0.25) is 0 Å². The number of carbonyl (C=O) groups is 1. The number of ether oxygens (including phenoxy) is 2. The summed E-state index contributed by atoms with van der Waals surface area (Å²) in [4.78, 5) is 11.0. The van der Waals surface area contributed by atoms with Gasteiger partial charge in [0, 0.05) is 13.2 Å². The van der Waals surface area contributed by atoms with E-state index in [2.05, 4.69) is 34.3 Å². The van der Waals surface area contributed by atoms with Gasteiger partial charge in [-0.05, 0) is 23.5 Å². The van der Waals surface area contributed by atoms with Crippen molar-refractivity contribution in [2.45, 2.75) is 51.2 Å². The number of methoxy groups -OCH3 is 1. The van der Waals surface area contributed by atoms with Crippen molar-refractivity contribution in [2.24, 2.45) is 0 Å². The standard InChI is InChI=1S/C15H30O4Si/c1-7-15(16)18-9-8-12-20(13(2)3,14(4)5)19-11-10-17-6/h7,13-14H,1,8-12H2,2-6H3. The Bertz CT molecular complexity index is 282. The average Bonchev–Trinajstić information content (AvgIpc) is 2.40. The van der Waals surface area contributed by atoms with Crippen LogP contribution in [0.25, 0.3) is 0 Å². The summed E-state index contributed by atoms with van der Waals surface area (Å²) in [6.45, 7) is 14.0. The van der Waals surface area contributed by atoms with E-state index in [0.29, 0.717) is 30.9 Å². The van der Waals surface area contributed by atoms with Gasteiger partial charge in [0.05, 0.1) is 19.8 Å². The zero-order chi connectivity index (χ0) is 15.6. The van der Waals surface area contributed by atoms with Crippen LogP contribution >= 0.6 is 0 Å². The number of hydrogen-bond donors (Lipinski definition) is 0. The molecule has 0 saturated heterocycles. The van der Waals surface area contributed by atoms with E-state index >= 15 is 0 Å². The molecule has 4 nitrogen and oxygen atoms in total. The van der Waals surface area contributed by atoms with Crippen LogP contribution in [-0.4, -0.2) is 41.2 Å². The molecule has 0 aromatic carbocycles. The van der Waals surface area contributed by atoms with Gasteiger partial charge in [-0.1, -0.05) is 34.3 Å². The summed E-state index contributed by atoms with van der Waals surface area (Å²) < 4.78 is 16.4. The van der Waals surface area contributed by atoms with Gasteiger partial charge in [0.2, 0.25) is 0 Å². The van der Waals surface area contributed by atoms with Crippen LogP contribution in [0.2, 0.25) is 17.1 Å². The monoisotopic (exact) mass is 302 g/mol. The third-order valence-corrected chi connectivity index (χ3v) is 9.52. The van der Waals surface area contributed by atoms with Gasteiger partial charge in [-0.2, -0.15) is 0 Å². The third-order valence-electron chi connectivity index (χ3n) is 3.74. The molecule has 0 radical (unpaired) electrons. The number of hydrogen-bond acceptors (Lipinski definition) is 4. The second kappa shape index (κ2) is 10.1. The van der Waals surface area contributed by atoms with Crippen LogP contribution in [0.4, 0.5) is 0 Å². The van der Waals surface area contributed by atoms with E-state index in [0.717, 1.165) is 12.5 Å². The van der Waals surface area contributed by atoms with Crippen LogP contribution in [-0.2, 0) is 18.7 Å². The molecule has 0 N–H and O–H groups in total. The minimum absolute atomic E-state index is 0.355. The highest BCUT2D eigenvalue weighted by Crippen LogP contribution is 2.37. The topological polar surface area (TPSA) is 44.8 Å². The lowest BCUT2D eigenvalue weighted by molar-refractivity contribution is -0.137. The van der Waals surface area contributed by atoms with Gasteiger partial charge in [-0.15, -0.1) is 0 Å². The summed E-state index contributed by atoms with van der Waals surface area (Å²) in [5, 5.41) is 0. The highest BCUT2D eigenvalue weighted by Gasteiger charge is 2.41. The van der Waals surface area contributed by atoms with Crippen molar-refractivity contribution < 1.29 is 18.7 Å². The molecule has 0 fully saturated rings. The molecule has 118 valence electrons. The molecule has 5 heteroatoms. The van der Waals surface area contributed by atoms with Crippen LogP contribution in [0.3, 0.4) is 0 Å². The molecule has 0 bridgehead atoms. The van der Waals surface area contributed by atoms with E-state index in [9.17, 15) is 4.79 Å². The predicted octanol–water partition coefficient (Wildman–Crippen LogP) is 3.53. The fourth-order valence-electron chi connectivity index (χ4n) is 2.54. The second-order valence-corrected chi connectivity index (χ2v) is 10.6. The summed E-state index contributed by atoms with van der Waals surface area (Å²) >= 11 is 0. The molecule has 0 heterocycles. The van der Waals surface area contributed by atoms with Crippen molar-refractivity contribution in [3.05, 3.63) is 12.7 Å². The van der Waals surface area contributed by atoms with E-state index in [1.807, 2.05) is 0 Å². The summed E-state index contributed by atoms with van der Waals surface area (Å²) in [5.41, 5.74) is 1.05. The molecule has 0 amide bonds. The fraction of sp³-hybridized carbons (Fsp3) is 0.800. The molecular weight excluding hydrogens is 272 g/mol. The van der Waals surface area contributed by atoms with Crippen molar-refractivity contribution >= 4 is 14.3 Å². The Kier molecular flexibility index (Phi) is 9.80. The van der Waals surface area contributed by atoms with Crippen LogP contribution in [0.1, 0.15) is 34.1 Å². The number of esters is 1. The molecule has 0 aliphatic heterocycles. The Balaban J connectivity index is 4.50. The van der Waals surface area contributed by atoms with Gasteiger partial charge in [0.15, 0.2) is 8.32 Å². The largest absolute Gasteiger partial charge is 0.463 e. The maximum atomic E-state index is 11.0. The van der Waals surface area contributed by atoms with Gasteiger partial charge >= 0.3 is 5.97 Å². The van der Waals surface area contributed by atoms with E-state index < -0.39 is 8.32 Å². The molecule has 0 aromatic rings. The summed E-state index contributed by atoms with van der Waals surface area (Å²) in [7, 11) is -0.180. The highest BCUT2D eigenvalue weighted by molar-refractivity contribution is 6.76. The highest BCUT2D eigenvalue weighted by atomic mass is 28.4. The minimum Gasteiger partial charge on any atom is -0.463 e.